The predicted molar refractivity (Wildman–Crippen MR) is 111 cm³/mol. The number of benzene rings is 1. The van der Waals surface area contributed by atoms with E-state index in [4.69, 9.17) is 16.6 Å². The number of nitrogens with one attached hydrogen (secondary N) is 1. The van der Waals surface area contributed by atoms with Crippen LogP contribution >= 0.6 is 11.6 Å². The largest absolute Gasteiger partial charge is 0.324 e. The van der Waals surface area contributed by atoms with Crippen LogP contribution < -0.4 is 5.32 Å². The van der Waals surface area contributed by atoms with Crippen molar-refractivity contribution >= 4 is 23.2 Å². The molecule has 0 amide bonds. The van der Waals surface area contributed by atoms with Crippen molar-refractivity contribution in [3.8, 4) is 11.3 Å². The smallest absolute Gasteiger partial charge is 0.227 e. The number of halogens is 1. The number of alkyl halides is 1. The lowest BCUT2D eigenvalue weighted by Crippen LogP contribution is -2.11. The summed E-state index contributed by atoms with van der Waals surface area (Å²) in [7, 11) is 2.14. The molecule has 0 unspecified atom stereocenters. The molecule has 1 saturated carbocycles. The van der Waals surface area contributed by atoms with E-state index in [9.17, 15) is 0 Å². The molecular weight excluding hydrogens is 372 g/mol. The lowest BCUT2D eigenvalue weighted by atomic mass is 10.1. The maximum Gasteiger partial charge on any atom is 0.227 e. The molecule has 5 rings (SSSR count). The molecule has 0 spiro atoms. The van der Waals surface area contributed by atoms with Crippen LogP contribution in [0.4, 0.5) is 11.6 Å². The van der Waals surface area contributed by atoms with Gasteiger partial charge in [0.1, 0.15) is 0 Å². The van der Waals surface area contributed by atoms with Gasteiger partial charge in [0.15, 0.2) is 0 Å². The molecule has 2 aliphatic rings. The summed E-state index contributed by atoms with van der Waals surface area (Å²) in [5.74, 6) is 0.593. The van der Waals surface area contributed by atoms with Crippen LogP contribution in [-0.2, 0) is 19.6 Å². The second kappa shape index (κ2) is 6.57. The minimum Gasteiger partial charge on any atom is -0.324 e. The summed E-state index contributed by atoms with van der Waals surface area (Å²) >= 11 is 6.43. The first-order valence-corrected chi connectivity index (χ1v) is 9.98. The Labute approximate surface area is 169 Å². The average molecular weight is 395 g/mol. The van der Waals surface area contributed by atoms with Crippen LogP contribution in [0.3, 0.4) is 0 Å². The fraction of sp³-hybridized carbons (Fsp3) is 0.381. The SMILES string of the molecule is Cc1cnc(Nc2ccc3c(c2)CN(C)C3)nc1-c1cnn(CC2(Cl)CC2)c1. The highest BCUT2D eigenvalue weighted by atomic mass is 35.5. The van der Waals surface area contributed by atoms with E-state index in [1.807, 2.05) is 30.2 Å². The highest BCUT2D eigenvalue weighted by Crippen LogP contribution is 2.43. The molecule has 1 N–H and O–H groups in total. The van der Waals surface area contributed by atoms with Crippen molar-refractivity contribution < 1.29 is 0 Å². The molecule has 7 heteroatoms. The van der Waals surface area contributed by atoms with Gasteiger partial charge in [-0.1, -0.05) is 6.07 Å². The zero-order valence-corrected chi connectivity index (χ0v) is 16.9. The monoisotopic (exact) mass is 394 g/mol. The summed E-state index contributed by atoms with van der Waals surface area (Å²) in [5, 5.41) is 7.82. The van der Waals surface area contributed by atoms with E-state index in [-0.39, 0.29) is 4.87 Å². The van der Waals surface area contributed by atoms with Gasteiger partial charge in [0, 0.05) is 36.7 Å². The van der Waals surface area contributed by atoms with Crippen molar-refractivity contribution in [1.82, 2.24) is 24.6 Å². The first-order valence-electron chi connectivity index (χ1n) is 9.60. The topological polar surface area (TPSA) is 58.9 Å². The van der Waals surface area contributed by atoms with Crippen LogP contribution in [0.25, 0.3) is 11.3 Å². The van der Waals surface area contributed by atoms with E-state index in [0.717, 1.165) is 55.0 Å². The maximum atomic E-state index is 6.43. The number of hydrogen-bond acceptors (Lipinski definition) is 5. The van der Waals surface area contributed by atoms with E-state index in [2.05, 4.69) is 45.5 Å². The van der Waals surface area contributed by atoms with E-state index >= 15 is 0 Å². The Balaban J connectivity index is 1.38. The Morgan fingerprint density at radius 3 is 2.82 bits per heavy atom. The minimum absolute atomic E-state index is 0.0988. The molecule has 1 fully saturated rings. The van der Waals surface area contributed by atoms with E-state index in [1.54, 1.807) is 0 Å². The van der Waals surface area contributed by atoms with Gasteiger partial charge in [-0.3, -0.25) is 9.58 Å². The molecule has 1 aliphatic carbocycles. The van der Waals surface area contributed by atoms with Crippen molar-refractivity contribution in [1.29, 1.82) is 0 Å². The number of anilines is 2. The second-order valence-electron chi connectivity index (χ2n) is 8.08. The van der Waals surface area contributed by atoms with Crippen LogP contribution in [0.5, 0.6) is 0 Å². The van der Waals surface area contributed by atoms with Crippen molar-refractivity contribution in [2.24, 2.45) is 0 Å². The number of aryl methyl sites for hydroxylation is 1. The van der Waals surface area contributed by atoms with Crippen LogP contribution in [0.1, 0.15) is 29.5 Å². The molecule has 0 bridgehead atoms. The highest BCUT2D eigenvalue weighted by Gasteiger charge is 2.41. The molecule has 1 aromatic carbocycles. The first-order chi connectivity index (χ1) is 13.5. The zero-order chi connectivity index (χ0) is 19.3. The standard InChI is InChI=1S/C21H23ClN6/c1-14-8-23-20(25-18-4-3-15-10-27(2)11-16(15)7-18)26-19(14)17-9-24-28(12-17)13-21(22)5-6-21/h3-4,7-9,12H,5-6,10-11,13H2,1-2H3,(H,23,25,26). The van der Waals surface area contributed by atoms with E-state index in [1.165, 1.54) is 11.1 Å². The molecule has 6 nitrogen and oxygen atoms in total. The molecular formula is C21H23ClN6. The summed E-state index contributed by atoms with van der Waals surface area (Å²) in [6.07, 6.45) is 7.84. The van der Waals surface area contributed by atoms with Gasteiger partial charge >= 0.3 is 0 Å². The summed E-state index contributed by atoms with van der Waals surface area (Å²) in [6.45, 7) is 4.75. The molecule has 1 aliphatic heterocycles. The van der Waals surface area contributed by atoms with Crippen molar-refractivity contribution in [2.45, 2.75) is 44.3 Å². The predicted octanol–water partition coefficient (Wildman–Crippen LogP) is 4.11. The Morgan fingerprint density at radius 1 is 1.18 bits per heavy atom. The fourth-order valence-corrected chi connectivity index (χ4v) is 3.94. The normalized spacial score (nSPS) is 17.5. The van der Waals surface area contributed by atoms with Crippen LogP contribution in [0.2, 0.25) is 0 Å². The van der Waals surface area contributed by atoms with Crippen LogP contribution in [-0.4, -0.2) is 36.6 Å². The molecule has 2 aromatic heterocycles. The number of hydrogen-bond donors (Lipinski definition) is 1. The molecule has 3 aromatic rings. The second-order valence-corrected chi connectivity index (χ2v) is 8.89. The Hall–Kier alpha value is -2.44. The third-order valence-electron chi connectivity index (χ3n) is 5.46. The van der Waals surface area contributed by atoms with Gasteiger partial charge in [-0.15, -0.1) is 11.6 Å². The zero-order valence-electron chi connectivity index (χ0n) is 16.1. The first kappa shape index (κ1) is 17.6. The van der Waals surface area contributed by atoms with E-state index < -0.39 is 0 Å². The highest BCUT2D eigenvalue weighted by molar-refractivity contribution is 6.25. The van der Waals surface area contributed by atoms with Crippen LogP contribution in [0.15, 0.2) is 36.8 Å². The van der Waals surface area contributed by atoms with E-state index in [0.29, 0.717) is 5.95 Å². The Kier molecular flexibility index (Phi) is 4.14. The molecule has 28 heavy (non-hydrogen) atoms. The molecule has 144 valence electrons. The minimum atomic E-state index is -0.0988. The third kappa shape index (κ3) is 3.50. The molecule has 0 saturated heterocycles. The quantitative estimate of drug-likeness (QED) is 0.660. The lowest BCUT2D eigenvalue weighted by molar-refractivity contribution is 0.353. The Morgan fingerprint density at radius 2 is 2.00 bits per heavy atom. The van der Waals surface area contributed by atoms with Gasteiger partial charge in [0.05, 0.1) is 23.3 Å². The summed E-state index contributed by atoms with van der Waals surface area (Å²) < 4.78 is 1.92. The van der Waals surface area contributed by atoms with Gasteiger partial charge in [-0.2, -0.15) is 5.10 Å². The number of aromatic nitrogens is 4. The van der Waals surface area contributed by atoms with Gasteiger partial charge in [0.2, 0.25) is 5.95 Å². The summed E-state index contributed by atoms with van der Waals surface area (Å²) in [5.41, 5.74) is 6.66. The van der Waals surface area contributed by atoms with Crippen molar-refractivity contribution in [3.05, 3.63) is 53.5 Å². The van der Waals surface area contributed by atoms with Crippen molar-refractivity contribution in [3.63, 3.8) is 0 Å². The summed E-state index contributed by atoms with van der Waals surface area (Å²) in [6, 6.07) is 6.46. The average Bonchev–Trinajstić information content (AvgIpc) is 3.04. The maximum absolute atomic E-state index is 6.43. The molecule has 0 radical (unpaired) electrons. The number of fused-ring (bicyclic) bond motifs is 1. The lowest BCUT2D eigenvalue weighted by Gasteiger charge is -2.09. The fourth-order valence-electron chi connectivity index (χ4n) is 3.72. The molecule has 3 heterocycles. The summed E-state index contributed by atoms with van der Waals surface area (Å²) in [4.78, 5) is 11.4. The van der Waals surface area contributed by atoms with Gasteiger partial charge in [-0.05, 0) is 55.6 Å². The number of rotatable bonds is 5. The van der Waals surface area contributed by atoms with Gasteiger partial charge < -0.3 is 5.32 Å². The number of nitrogens with zero attached hydrogens (tertiary/aromatic N) is 5. The van der Waals surface area contributed by atoms with Crippen molar-refractivity contribution in [2.75, 3.05) is 12.4 Å². The van der Waals surface area contributed by atoms with Gasteiger partial charge in [-0.25, -0.2) is 9.97 Å². The Bertz CT molecular complexity index is 1040. The van der Waals surface area contributed by atoms with Gasteiger partial charge in [0.25, 0.3) is 0 Å². The molecule has 0 atom stereocenters. The van der Waals surface area contributed by atoms with Crippen LogP contribution in [0, 0.1) is 6.92 Å². The third-order valence-corrected chi connectivity index (χ3v) is 5.96.